The Morgan fingerprint density at radius 2 is 2.06 bits per heavy atom. The highest BCUT2D eigenvalue weighted by Crippen LogP contribution is 2.25. The summed E-state index contributed by atoms with van der Waals surface area (Å²) in [4.78, 5) is 3.77. The van der Waals surface area contributed by atoms with Gasteiger partial charge in [-0.05, 0) is 12.1 Å². The normalized spacial score (nSPS) is 9.65. The van der Waals surface area contributed by atoms with Crippen molar-refractivity contribution in [1.82, 2.24) is 0 Å². The van der Waals surface area contributed by atoms with Gasteiger partial charge in [0, 0.05) is 18.8 Å². The largest absolute Gasteiger partial charge is 0.494 e. The van der Waals surface area contributed by atoms with Crippen LogP contribution in [0.1, 0.15) is 25.8 Å². The zero-order chi connectivity index (χ0) is 13.3. The molecular formula is C13H21N3O. The van der Waals surface area contributed by atoms with Crippen LogP contribution in [0.4, 0.5) is 5.69 Å². The fourth-order valence-corrected chi connectivity index (χ4v) is 1.19. The van der Waals surface area contributed by atoms with Crippen molar-refractivity contribution in [3.63, 3.8) is 0 Å². The maximum Gasteiger partial charge on any atom is 0.151 e. The summed E-state index contributed by atoms with van der Waals surface area (Å²) in [6.07, 6.45) is 2.71. The predicted molar refractivity (Wildman–Crippen MR) is 74.6 cm³/mol. The minimum Gasteiger partial charge on any atom is -0.494 e. The summed E-state index contributed by atoms with van der Waals surface area (Å²) in [5.74, 6) is 0.525. The van der Waals surface area contributed by atoms with Gasteiger partial charge >= 0.3 is 0 Å². The Labute approximate surface area is 103 Å². The van der Waals surface area contributed by atoms with Crippen LogP contribution in [-0.2, 0) is 0 Å². The molecule has 0 aliphatic heterocycles. The molecule has 0 radical (unpaired) electrons. The lowest BCUT2D eigenvalue weighted by Gasteiger charge is -2.09. The minimum atomic E-state index is 0.289. The number of nitrogens with one attached hydrogen (secondary N) is 1. The van der Waals surface area contributed by atoms with Gasteiger partial charge in [-0.15, -0.1) is 0 Å². The lowest BCUT2D eigenvalue weighted by molar-refractivity contribution is 0.416. The molecule has 3 N–H and O–H groups in total. The number of anilines is 1. The Balaban J connectivity index is 0.000000770. The Hall–Kier alpha value is -1.84. The average Bonchev–Trinajstić information content (AvgIpc) is 2.30. The lowest BCUT2D eigenvalue weighted by Crippen LogP contribution is -2.05. The van der Waals surface area contributed by atoms with Crippen LogP contribution in [0.15, 0.2) is 23.2 Å². The van der Waals surface area contributed by atoms with E-state index >= 15 is 0 Å². The van der Waals surface area contributed by atoms with Crippen molar-refractivity contribution in [1.29, 1.82) is 5.41 Å². The van der Waals surface area contributed by atoms with Crippen LogP contribution in [0.3, 0.4) is 0 Å². The molecule has 0 fully saturated rings. The van der Waals surface area contributed by atoms with Crippen LogP contribution in [-0.4, -0.2) is 26.1 Å². The van der Waals surface area contributed by atoms with E-state index in [0.717, 1.165) is 0 Å². The molecule has 1 rings (SSSR count). The van der Waals surface area contributed by atoms with Crippen molar-refractivity contribution in [2.75, 3.05) is 19.9 Å². The highest BCUT2D eigenvalue weighted by atomic mass is 16.5. The Morgan fingerprint density at radius 3 is 2.53 bits per heavy atom. The van der Waals surface area contributed by atoms with Gasteiger partial charge in [0.05, 0.1) is 18.5 Å². The molecule has 0 bridgehead atoms. The molecule has 4 heteroatoms. The quantitative estimate of drug-likeness (QED) is 0.624. The van der Waals surface area contributed by atoms with Crippen LogP contribution < -0.4 is 10.5 Å². The Morgan fingerprint density at radius 1 is 1.47 bits per heavy atom. The molecular weight excluding hydrogens is 214 g/mol. The molecule has 0 heterocycles. The second-order valence-corrected chi connectivity index (χ2v) is 3.44. The number of nitrogen functional groups attached to an aromatic ring is 1. The monoisotopic (exact) mass is 235 g/mol. The van der Waals surface area contributed by atoms with E-state index in [2.05, 4.69) is 18.8 Å². The van der Waals surface area contributed by atoms with Gasteiger partial charge in [-0.2, -0.15) is 0 Å². The number of nitrogens with two attached hydrogens (primary N) is 1. The number of aliphatic imine (C=N–C) groups is 1. The first-order valence-corrected chi connectivity index (χ1v) is 5.55. The van der Waals surface area contributed by atoms with E-state index in [1.54, 1.807) is 25.2 Å². The molecule has 1 aromatic carbocycles. The maximum absolute atomic E-state index is 7.69. The van der Waals surface area contributed by atoms with Gasteiger partial charge in [0.1, 0.15) is 0 Å². The molecule has 0 amide bonds. The number of benzene rings is 1. The van der Waals surface area contributed by atoms with Gasteiger partial charge in [-0.3, -0.25) is 10.4 Å². The first kappa shape index (κ1) is 15.2. The van der Waals surface area contributed by atoms with Gasteiger partial charge in [0.15, 0.2) is 5.75 Å². The molecule has 0 spiro atoms. The van der Waals surface area contributed by atoms with Crippen LogP contribution in [0.25, 0.3) is 0 Å². The molecule has 4 nitrogen and oxygen atoms in total. The highest BCUT2D eigenvalue weighted by Gasteiger charge is 2.08. The molecule has 0 saturated carbocycles. The Bertz CT molecular complexity index is 386. The van der Waals surface area contributed by atoms with Gasteiger partial charge < -0.3 is 10.5 Å². The van der Waals surface area contributed by atoms with Crippen LogP contribution in [0, 0.1) is 5.41 Å². The number of rotatable bonds is 3. The topological polar surface area (TPSA) is 71.5 Å². The standard InChI is InChI=1S/C10H13N3O.C3H8/c1-13-6-9(12)7-4-3-5-8(11)10(7)14-2;1-3-2/h3-6,12H,11H2,1-2H3;3H2,1-2H3. The minimum absolute atomic E-state index is 0.289. The van der Waals surface area contributed by atoms with Gasteiger partial charge in [0.2, 0.25) is 0 Å². The zero-order valence-electron chi connectivity index (χ0n) is 10.9. The molecule has 0 aliphatic carbocycles. The SMILES string of the molecule is CCC.CN=CC(=N)c1cccc(N)c1OC. The van der Waals surface area contributed by atoms with E-state index in [1.165, 1.54) is 19.7 Å². The summed E-state index contributed by atoms with van der Waals surface area (Å²) in [5, 5.41) is 7.69. The summed E-state index contributed by atoms with van der Waals surface area (Å²) in [6, 6.07) is 5.29. The molecule has 0 atom stereocenters. The van der Waals surface area contributed by atoms with Crippen molar-refractivity contribution in [2.45, 2.75) is 20.3 Å². The van der Waals surface area contributed by atoms with E-state index in [4.69, 9.17) is 15.9 Å². The second kappa shape index (κ2) is 8.33. The van der Waals surface area contributed by atoms with E-state index in [9.17, 15) is 0 Å². The van der Waals surface area contributed by atoms with Crippen LogP contribution in [0.2, 0.25) is 0 Å². The number of hydrogen-bond acceptors (Lipinski definition) is 4. The molecule has 17 heavy (non-hydrogen) atoms. The van der Waals surface area contributed by atoms with Gasteiger partial charge in [-0.25, -0.2) is 0 Å². The maximum atomic E-state index is 7.69. The molecule has 0 saturated heterocycles. The zero-order valence-corrected chi connectivity index (χ0v) is 10.9. The summed E-state index contributed by atoms with van der Waals surface area (Å²) < 4.78 is 5.12. The van der Waals surface area contributed by atoms with Gasteiger partial charge in [0.25, 0.3) is 0 Å². The molecule has 94 valence electrons. The van der Waals surface area contributed by atoms with E-state index in [0.29, 0.717) is 17.0 Å². The number of nitrogens with zero attached hydrogens (tertiary/aromatic N) is 1. The van der Waals surface area contributed by atoms with E-state index in [1.807, 2.05) is 0 Å². The van der Waals surface area contributed by atoms with Crippen molar-refractivity contribution in [2.24, 2.45) is 4.99 Å². The van der Waals surface area contributed by atoms with Crippen molar-refractivity contribution >= 4 is 17.6 Å². The molecule has 0 aliphatic rings. The van der Waals surface area contributed by atoms with Crippen LogP contribution in [0.5, 0.6) is 5.75 Å². The summed E-state index contributed by atoms with van der Waals surface area (Å²) in [5.41, 5.74) is 7.17. The summed E-state index contributed by atoms with van der Waals surface area (Å²) in [6.45, 7) is 4.25. The summed E-state index contributed by atoms with van der Waals surface area (Å²) in [7, 11) is 3.15. The fourth-order valence-electron chi connectivity index (χ4n) is 1.19. The number of methoxy groups -OCH3 is 1. The molecule has 1 aromatic rings. The Kier molecular flexibility index (Phi) is 7.43. The number of hydrogen-bond donors (Lipinski definition) is 2. The lowest BCUT2D eigenvalue weighted by atomic mass is 10.1. The smallest absolute Gasteiger partial charge is 0.151 e. The third-order valence-corrected chi connectivity index (χ3v) is 1.80. The fraction of sp³-hybridized carbons (Fsp3) is 0.385. The van der Waals surface area contributed by atoms with Crippen molar-refractivity contribution in [3.05, 3.63) is 23.8 Å². The van der Waals surface area contributed by atoms with Gasteiger partial charge in [-0.1, -0.05) is 26.3 Å². The molecule has 0 unspecified atom stereocenters. The average molecular weight is 235 g/mol. The first-order valence-electron chi connectivity index (χ1n) is 5.55. The van der Waals surface area contributed by atoms with Crippen molar-refractivity contribution < 1.29 is 4.74 Å². The summed E-state index contributed by atoms with van der Waals surface area (Å²) >= 11 is 0. The third-order valence-electron chi connectivity index (χ3n) is 1.80. The second-order valence-electron chi connectivity index (χ2n) is 3.44. The predicted octanol–water partition coefficient (Wildman–Crippen LogP) is 2.76. The van der Waals surface area contributed by atoms with E-state index < -0.39 is 0 Å². The van der Waals surface area contributed by atoms with Crippen LogP contribution >= 0.6 is 0 Å². The third kappa shape index (κ3) is 4.68. The number of ether oxygens (including phenoxy) is 1. The highest BCUT2D eigenvalue weighted by molar-refractivity contribution is 6.37. The first-order chi connectivity index (χ1) is 8.12. The van der Waals surface area contributed by atoms with E-state index in [-0.39, 0.29) is 5.71 Å². The van der Waals surface area contributed by atoms with Crippen molar-refractivity contribution in [3.8, 4) is 5.75 Å². The molecule has 0 aromatic heterocycles. The number of para-hydroxylation sites is 1.